The minimum Gasteiger partial charge on any atom is -0.399 e. The molecule has 2 heterocycles. The van der Waals surface area contributed by atoms with Gasteiger partial charge >= 0.3 is 7.12 Å². The van der Waals surface area contributed by atoms with Crippen molar-refractivity contribution < 1.29 is 9.31 Å². The summed E-state index contributed by atoms with van der Waals surface area (Å²) < 4.78 is 12.4. The van der Waals surface area contributed by atoms with Crippen LogP contribution in [0.15, 0.2) is 109 Å². The van der Waals surface area contributed by atoms with Gasteiger partial charge in [-0.15, -0.1) is 0 Å². The standard InChI is InChI=1S/C33H30BN3O2/c1-32(2)33(3,4)39-34(38-32)28-21-19-24(20-22-28)23-15-17-27(18-16-23)31-36-29(25-11-7-5-8-12-25)35-30(37-31)26-13-9-6-10-14-26/h5-22H,1-4H3. The van der Waals surface area contributed by atoms with Crippen molar-refractivity contribution in [1.29, 1.82) is 0 Å². The van der Waals surface area contributed by atoms with Gasteiger partial charge in [0.1, 0.15) is 0 Å². The van der Waals surface area contributed by atoms with Gasteiger partial charge < -0.3 is 9.31 Å². The second kappa shape index (κ2) is 9.88. The van der Waals surface area contributed by atoms with E-state index in [0.29, 0.717) is 17.5 Å². The first-order valence-corrected chi connectivity index (χ1v) is 13.2. The fraction of sp³-hybridized carbons (Fsp3) is 0.182. The fourth-order valence-corrected chi connectivity index (χ4v) is 4.56. The van der Waals surface area contributed by atoms with Crippen molar-refractivity contribution in [2.75, 3.05) is 0 Å². The summed E-state index contributed by atoms with van der Waals surface area (Å²) >= 11 is 0. The van der Waals surface area contributed by atoms with Crippen molar-refractivity contribution in [3.63, 3.8) is 0 Å². The van der Waals surface area contributed by atoms with E-state index in [1.54, 1.807) is 0 Å². The predicted octanol–water partition coefficient (Wildman–Crippen LogP) is 6.84. The summed E-state index contributed by atoms with van der Waals surface area (Å²) in [6, 6.07) is 36.7. The Labute approximate surface area is 230 Å². The maximum Gasteiger partial charge on any atom is 0.494 e. The van der Waals surface area contributed by atoms with Crippen molar-refractivity contribution in [1.82, 2.24) is 15.0 Å². The molecule has 1 aliphatic rings. The van der Waals surface area contributed by atoms with Gasteiger partial charge in [-0.2, -0.15) is 0 Å². The van der Waals surface area contributed by atoms with Crippen LogP contribution in [0.2, 0.25) is 0 Å². The summed E-state index contributed by atoms with van der Waals surface area (Å²) in [4.78, 5) is 14.4. The van der Waals surface area contributed by atoms with E-state index in [1.807, 2.05) is 60.7 Å². The summed E-state index contributed by atoms with van der Waals surface area (Å²) in [5.74, 6) is 1.95. The molecule has 0 amide bonds. The third kappa shape index (κ3) is 5.01. The van der Waals surface area contributed by atoms with Gasteiger partial charge in [0.25, 0.3) is 0 Å². The van der Waals surface area contributed by atoms with Crippen molar-refractivity contribution in [2.45, 2.75) is 38.9 Å². The van der Waals surface area contributed by atoms with E-state index in [1.165, 1.54) is 0 Å². The highest BCUT2D eigenvalue weighted by atomic mass is 16.7. The zero-order valence-electron chi connectivity index (χ0n) is 22.6. The molecule has 1 fully saturated rings. The number of aromatic nitrogens is 3. The Bertz CT molecular complexity index is 1510. The van der Waals surface area contributed by atoms with E-state index >= 15 is 0 Å². The molecule has 6 rings (SSSR count). The zero-order chi connectivity index (χ0) is 27.0. The molecule has 0 bridgehead atoms. The van der Waals surface area contributed by atoms with Gasteiger partial charge in [0.15, 0.2) is 17.5 Å². The van der Waals surface area contributed by atoms with Crippen LogP contribution >= 0.6 is 0 Å². The molecule has 0 unspecified atom stereocenters. The lowest BCUT2D eigenvalue weighted by atomic mass is 9.78. The van der Waals surface area contributed by atoms with Crippen LogP contribution in [-0.4, -0.2) is 33.3 Å². The Hall–Kier alpha value is -4.13. The van der Waals surface area contributed by atoms with E-state index in [2.05, 4.69) is 76.2 Å². The van der Waals surface area contributed by atoms with Crippen LogP contribution in [0.3, 0.4) is 0 Å². The maximum atomic E-state index is 6.20. The normalized spacial score (nSPS) is 15.8. The van der Waals surface area contributed by atoms with E-state index in [0.717, 1.165) is 33.3 Å². The molecule has 0 atom stereocenters. The van der Waals surface area contributed by atoms with E-state index < -0.39 is 0 Å². The van der Waals surface area contributed by atoms with Gasteiger partial charge in [0.2, 0.25) is 0 Å². The summed E-state index contributed by atoms with van der Waals surface area (Å²) in [7, 11) is -0.368. The number of nitrogens with zero attached hydrogens (tertiary/aromatic N) is 3. The fourth-order valence-electron chi connectivity index (χ4n) is 4.56. The largest absolute Gasteiger partial charge is 0.494 e. The highest BCUT2D eigenvalue weighted by Crippen LogP contribution is 2.36. The first-order chi connectivity index (χ1) is 18.8. The lowest BCUT2D eigenvalue weighted by Crippen LogP contribution is -2.41. The number of hydrogen-bond acceptors (Lipinski definition) is 5. The first kappa shape index (κ1) is 25.2. The summed E-state index contributed by atoms with van der Waals surface area (Å²) in [6.07, 6.45) is 0. The molecule has 5 nitrogen and oxygen atoms in total. The second-order valence-electron chi connectivity index (χ2n) is 10.8. The number of hydrogen-bond donors (Lipinski definition) is 0. The molecule has 0 aliphatic carbocycles. The quantitative estimate of drug-likeness (QED) is 0.242. The Balaban J connectivity index is 1.29. The third-order valence-electron chi connectivity index (χ3n) is 7.61. The van der Waals surface area contributed by atoms with Crippen molar-refractivity contribution >= 4 is 12.6 Å². The van der Waals surface area contributed by atoms with Gasteiger partial charge in [0, 0.05) is 16.7 Å². The molecule has 6 heteroatoms. The molecular weight excluding hydrogens is 481 g/mol. The van der Waals surface area contributed by atoms with Gasteiger partial charge in [-0.05, 0) is 44.3 Å². The number of benzene rings is 4. The average molecular weight is 511 g/mol. The molecule has 0 spiro atoms. The molecule has 192 valence electrons. The topological polar surface area (TPSA) is 57.1 Å². The van der Waals surface area contributed by atoms with E-state index in [4.69, 9.17) is 24.3 Å². The Morgan fingerprint density at radius 3 is 1.18 bits per heavy atom. The molecule has 5 aromatic rings. The third-order valence-corrected chi connectivity index (χ3v) is 7.61. The minimum absolute atomic E-state index is 0.359. The smallest absolute Gasteiger partial charge is 0.399 e. The van der Waals surface area contributed by atoms with Gasteiger partial charge in [-0.1, -0.05) is 109 Å². The van der Waals surface area contributed by atoms with Gasteiger partial charge in [-0.3, -0.25) is 0 Å². The zero-order valence-corrected chi connectivity index (χ0v) is 22.6. The first-order valence-electron chi connectivity index (χ1n) is 13.2. The molecular formula is C33H30BN3O2. The molecule has 1 saturated heterocycles. The van der Waals surface area contributed by atoms with Crippen molar-refractivity contribution in [3.05, 3.63) is 109 Å². The average Bonchev–Trinajstić information content (AvgIpc) is 3.20. The molecule has 0 radical (unpaired) electrons. The van der Waals surface area contributed by atoms with Crippen LogP contribution in [0.25, 0.3) is 45.3 Å². The Morgan fingerprint density at radius 1 is 0.436 bits per heavy atom. The summed E-state index contributed by atoms with van der Waals surface area (Å²) in [5.41, 5.74) is 5.37. The van der Waals surface area contributed by atoms with Crippen molar-refractivity contribution in [2.24, 2.45) is 0 Å². The molecule has 0 N–H and O–H groups in total. The highest BCUT2D eigenvalue weighted by molar-refractivity contribution is 6.62. The predicted molar refractivity (Wildman–Crippen MR) is 157 cm³/mol. The van der Waals surface area contributed by atoms with Gasteiger partial charge in [-0.25, -0.2) is 15.0 Å². The Morgan fingerprint density at radius 2 is 0.769 bits per heavy atom. The van der Waals surface area contributed by atoms with Crippen LogP contribution in [-0.2, 0) is 9.31 Å². The van der Waals surface area contributed by atoms with Crippen LogP contribution in [0.5, 0.6) is 0 Å². The number of rotatable bonds is 5. The summed E-state index contributed by atoms with van der Waals surface area (Å²) in [5, 5.41) is 0. The van der Waals surface area contributed by atoms with E-state index in [-0.39, 0.29) is 18.3 Å². The molecule has 39 heavy (non-hydrogen) atoms. The lowest BCUT2D eigenvalue weighted by molar-refractivity contribution is 0.00578. The minimum atomic E-state index is -0.368. The lowest BCUT2D eigenvalue weighted by Gasteiger charge is -2.32. The van der Waals surface area contributed by atoms with Crippen molar-refractivity contribution in [3.8, 4) is 45.3 Å². The molecule has 1 aliphatic heterocycles. The van der Waals surface area contributed by atoms with Gasteiger partial charge in [0.05, 0.1) is 11.2 Å². The van der Waals surface area contributed by atoms with E-state index in [9.17, 15) is 0 Å². The molecule has 1 aromatic heterocycles. The maximum absolute atomic E-state index is 6.20. The monoisotopic (exact) mass is 511 g/mol. The molecule has 4 aromatic carbocycles. The Kier molecular flexibility index (Phi) is 6.38. The molecule has 0 saturated carbocycles. The van der Waals surface area contributed by atoms with Crippen LogP contribution in [0.4, 0.5) is 0 Å². The van der Waals surface area contributed by atoms with Crippen LogP contribution in [0.1, 0.15) is 27.7 Å². The van der Waals surface area contributed by atoms with Crippen LogP contribution < -0.4 is 5.46 Å². The highest BCUT2D eigenvalue weighted by Gasteiger charge is 2.51. The van der Waals surface area contributed by atoms with Crippen LogP contribution in [0, 0.1) is 0 Å². The SMILES string of the molecule is CC1(C)OB(c2ccc(-c3ccc(-c4nc(-c5ccccc5)nc(-c5ccccc5)n4)cc3)cc2)OC1(C)C. The second-order valence-corrected chi connectivity index (χ2v) is 10.8. The summed E-state index contributed by atoms with van der Waals surface area (Å²) in [6.45, 7) is 8.28.